The number of guanidine groups is 2. The molecule has 10 nitrogen and oxygen atoms in total. The molecule has 0 aromatic carbocycles. The van der Waals surface area contributed by atoms with Gasteiger partial charge in [-0.25, -0.2) is 9.59 Å². The van der Waals surface area contributed by atoms with Gasteiger partial charge in [0.25, 0.3) is 0 Å². The molecule has 0 aliphatic heterocycles. The average molecular weight is 268 g/mol. The molecule has 0 unspecified atom stereocenters. The summed E-state index contributed by atoms with van der Waals surface area (Å²) in [6.07, 6.45) is 0. The predicted octanol–water partition coefficient (Wildman–Crippen LogP) is -3.33. The fraction of sp³-hybridized carbons (Fsp3) is 0. The van der Waals surface area contributed by atoms with Gasteiger partial charge in [0.15, 0.2) is 11.9 Å². The summed E-state index contributed by atoms with van der Waals surface area (Å²) in [4.78, 5) is 25.1. The molecule has 0 saturated carbocycles. The van der Waals surface area contributed by atoms with Crippen molar-refractivity contribution in [2.24, 2.45) is 44.4 Å². The number of carbonyl (C=O) groups is 2. The summed E-state index contributed by atoms with van der Waals surface area (Å²) in [5, 5.41) is 0. The molecule has 0 rings (SSSR count). The summed E-state index contributed by atoms with van der Waals surface area (Å²) < 4.78 is 0. The molecule has 0 aromatic rings. The Morgan fingerprint density at radius 2 is 0.867 bits per heavy atom. The summed E-state index contributed by atoms with van der Waals surface area (Å²) in [7, 11) is 0. The minimum atomic E-state index is -0.875. The number of primary amides is 2. The Morgan fingerprint density at radius 3 is 0.867 bits per heavy atom. The summed E-state index contributed by atoms with van der Waals surface area (Å²) >= 11 is 0. The molecule has 0 heterocycles. The Balaban J connectivity index is -0.000000180. The van der Waals surface area contributed by atoms with E-state index in [0.29, 0.717) is 0 Å². The third-order valence-corrected chi connectivity index (χ3v) is 0.479. The zero-order valence-electron chi connectivity index (χ0n) is 7.48. The molecule has 1 radical (unpaired) electrons. The van der Waals surface area contributed by atoms with Gasteiger partial charge in [-0.15, -0.1) is 0 Å². The molecule has 4 amide bonds. The average Bonchev–Trinajstić information content (AvgIpc) is 1.79. The Hall–Kier alpha value is -2.00. The van der Waals surface area contributed by atoms with E-state index >= 15 is 0 Å². The molecule has 0 bridgehead atoms. The third-order valence-electron chi connectivity index (χ3n) is 0.479. The van der Waals surface area contributed by atoms with E-state index in [4.69, 9.17) is 22.9 Å². The first kappa shape index (κ1) is 18.7. The Bertz CT molecular complexity index is 238. The number of hydrogen-bond donors (Lipinski definition) is 6. The Kier molecular flexibility index (Phi) is 12.6. The Morgan fingerprint density at radius 1 is 0.667 bits per heavy atom. The van der Waals surface area contributed by atoms with Crippen molar-refractivity contribution in [2.75, 3.05) is 0 Å². The fourth-order valence-electron chi connectivity index (χ4n) is 0.254. The van der Waals surface area contributed by atoms with Gasteiger partial charge in [-0.3, -0.25) is 0 Å². The van der Waals surface area contributed by atoms with E-state index in [1.807, 2.05) is 0 Å². The van der Waals surface area contributed by atoms with Gasteiger partial charge in [-0.1, -0.05) is 0 Å². The van der Waals surface area contributed by atoms with Crippen LogP contribution in [0.25, 0.3) is 0 Å². The first-order valence-electron chi connectivity index (χ1n) is 3.03. The van der Waals surface area contributed by atoms with Gasteiger partial charge in [0.05, 0.1) is 0 Å². The van der Waals surface area contributed by atoms with Gasteiger partial charge in [0.2, 0.25) is 0 Å². The van der Waals surface area contributed by atoms with Crippen molar-refractivity contribution in [3.63, 3.8) is 0 Å². The van der Waals surface area contributed by atoms with Crippen LogP contribution in [-0.2, 0) is 17.1 Å². The van der Waals surface area contributed by atoms with E-state index in [9.17, 15) is 9.59 Å². The molecule has 0 atom stereocenters. The number of amides is 4. The first-order valence-corrected chi connectivity index (χ1v) is 3.03. The SMILES string of the molecule is NC(=O)N=C(N)N.NC(=O)N=C(N)N.[Cu+2]. The van der Waals surface area contributed by atoms with Crippen LogP contribution in [0.2, 0.25) is 0 Å². The van der Waals surface area contributed by atoms with Crippen LogP contribution in [0.3, 0.4) is 0 Å². The second-order valence-corrected chi connectivity index (χ2v) is 1.75. The first-order chi connectivity index (χ1) is 6.25. The van der Waals surface area contributed by atoms with E-state index in [1.54, 1.807) is 0 Å². The van der Waals surface area contributed by atoms with E-state index in [1.165, 1.54) is 0 Å². The maximum atomic E-state index is 9.68. The number of urea groups is 2. The van der Waals surface area contributed by atoms with Crippen LogP contribution >= 0.6 is 0 Å². The molecule has 0 aliphatic rings. The maximum absolute atomic E-state index is 9.68. The van der Waals surface area contributed by atoms with E-state index in [0.717, 1.165) is 0 Å². The zero-order valence-corrected chi connectivity index (χ0v) is 8.42. The van der Waals surface area contributed by atoms with Crippen molar-refractivity contribution >= 4 is 24.0 Å². The summed E-state index contributed by atoms with van der Waals surface area (Å²) in [6, 6.07) is -1.75. The molecule has 15 heavy (non-hydrogen) atoms. The van der Waals surface area contributed by atoms with E-state index in [2.05, 4.69) is 21.5 Å². The number of carbonyl (C=O) groups excluding carboxylic acids is 2. The van der Waals surface area contributed by atoms with Crippen molar-refractivity contribution in [3.05, 3.63) is 0 Å². The van der Waals surface area contributed by atoms with Gasteiger partial charge in [-0.05, 0) is 0 Å². The minimum Gasteiger partial charge on any atom is -0.370 e. The number of nitrogens with two attached hydrogens (primary N) is 6. The fourth-order valence-corrected chi connectivity index (χ4v) is 0.254. The van der Waals surface area contributed by atoms with Crippen molar-refractivity contribution in [3.8, 4) is 0 Å². The minimum absolute atomic E-state index is 0. The number of aliphatic imine (C=N–C) groups is 2. The maximum Gasteiger partial charge on any atom is 2.00 e. The smallest absolute Gasteiger partial charge is 0.370 e. The molecule has 11 heteroatoms. The summed E-state index contributed by atoms with van der Waals surface area (Å²) in [5.74, 6) is -0.625. The van der Waals surface area contributed by atoms with Crippen LogP contribution < -0.4 is 34.4 Å². The van der Waals surface area contributed by atoms with Crippen LogP contribution in [0.1, 0.15) is 0 Å². The second kappa shape index (κ2) is 10.1. The van der Waals surface area contributed by atoms with Crippen molar-refractivity contribution in [1.82, 2.24) is 0 Å². The van der Waals surface area contributed by atoms with E-state index in [-0.39, 0.29) is 29.0 Å². The standard InChI is InChI=1S/2C2H6N4O.Cu/c2*3-1(4)6-2(5)7;/h2*(H6,3,4,5,6,7);/q;;+2. The molecule has 0 aromatic heterocycles. The molecule has 0 aliphatic carbocycles. The monoisotopic (exact) mass is 267 g/mol. The van der Waals surface area contributed by atoms with E-state index < -0.39 is 12.1 Å². The van der Waals surface area contributed by atoms with Gasteiger partial charge < -0.3 is 34.4 Å². The van der Waals surface area contributed by atoms with Gasteiger partial charge >= 0.3 is 29.1 Å². The van der Waals surface area contributed by atoms with Gasteiger partial charge in [-0.2, -0.15) is 9.98 Å². The molecule has 0 fully saturated rings. The van der Waals surface area contributed by atoms with Crippen LogP contribution in [0.5, 0.6) is 0 Å². The number of nitrogens with zero attached hydrogens (tertiary/aromatic N) is 2. The summed E-state index contributed by atoms with van der Waals surface area (Å²) in [5.41, 5.74) is 27.9. The third kappa shape index (κ3) is 33.3. The molecule has 0 spiro atoms. The topological polar surface area (TPSA) is 215 Å². The molecule has 0 saturated heterocycles. The van der Waals surface area contributed by atoms with Crippen LogP contribution in [0.15, 0.2) is 9.98 Å². The normalized spacial score (nSPS) is 6.93. The van der Waals surface area contributed by atoms with Crippen molar-refractivity contribution < 1.29 is 26.7 Å². The van der Waals surface area contributed by atoms with Crippen molar-refractivity contribution in [1.29, 1.82) is 0 Å². The number of hydrogen-bond acceptors (Lipinski definition) is 2. The Labute approximate surface area is 95.6 Å². The molecular weight excluding hydrogens is 256 g/mol. The van der Waals surface area contributed by atoms with Crippen LogP contribution in [-0.4, -0.2) is 24.0 Å². The number of rotatable bonds is 0. The molecule has 12 N–H and O–H groups in total. The van der Waals surface area contributed by atoms with Gasteiger partial charge in [0, 0.05) is 0 Å². The second-order valence-electron chi connectivity index (χ2n) is 1.75. The molecule has 89 valence electrons. The predicted molar refractivity (Wildman–Crippen MR) is 50.8 cm³/mol. The quantitative estimate of drug-likeness (QED) is 0.150. The van der Waals surface area contributed by atoms with Crippen LogP contribution in [0.4, 0.5) is 9.59 Å². The van der Waals surface area contributed by atoms with Gasteiger partial charge in [0.1, 0.15) is 0 Å². The summed E-state index contributed by atoms with van der Waals surface area (Å²) in [6.45, 7) is 0. The molecular formula is C4H12CuN8O2+2. The van der Waals surface area contributed by atoms with Crippen molar-refractivity contribution in [2.45, 2.75) is 0 Å². The zero-order chi connectivity index (χ0) is 11.7. The largest absolute Gasteiger partial charge is 2.00 e. The van der Waals surface area contributed by atoms with Crippen LogP contribution in [0, 0.1) is 0 Å².